The Morgan fingerprint density at radius 3 is 2.46 bits per heavy atom. The van der Waals surface area contributed by atoms with Crippen LogP contribution in [0.4, 0.5) is 11.4 Å². The molecule has 2 amide bonds. The van der Waals surface area contributed by atoms with Gasteiger partial charge in [0.05, 0.1) is 5.25 Å². The van der Waals surface area contributed by atoms with Crippen LogP contribution in [-0.4, -0.2) is 17.1 Å². The highest BCUT2D eigenvalue weighted by Crippen LogP contribution is 2.42. The smallest absolute Gasteiger partial charge is 0.269 e. The molecule has 1 atom stereocenters. The number of nitrogens with zero attached hydrogens (tertiary/aromatic N) is 2. The molecule has 1 aliphatic heterocycles. The van der Waals surface area contributed by atoms with Crippen molar-refractivity contribution in [3.63, 3.8) is 0 Å². The number of nitriles is 1. The maximum atomic E-state index is 13.6. The largest absolute Gasteiger partial charge is 0.321 e. The van der Waals surface area contributed by atoms with Crippen LogP contribution in [0.1, 0.15) is 22.3 Å². The highest BCUT2D eigenvalue weighted by atomic mass is 35.5. The zero-order chi connectivity index (χ0) is 25.1. The number of thioether (sulfide) groups is 1. The highest BCUT2D eigenvalue weighted by Gasteiger charge is 2.41. The number of rotatable bonds is 5. The van der Waals surface area contributed by atoms with E-state index in [-0.39, 0.29) is 11.5 Å². The van der Waals surface area contributed by atoms with Crippen molar-refractivity contribution in [2.24, 2.45) is 0 Å². The van der Waals surface area contributed by atoms with Gasteiger partial charge in [-0.05, 0) is 80.3 Å². The van der Waals surface area contributed by atoms with Crippen LogP contribution in [0, 0.1) is 32.1 Å². The van der Waals surface area contributed by atoms with E-state index in [0.29, 0.717) is 27.8 Å². The molecule has 5 nitrogen and oxygen atoms in total. The quantitative estimate of drug-likeness (QED) is 0.327. The summed E-state index contributed by atoms with van der Waals surface area (Å²) in [6.45, 7) is 5.92. The van der Waals surface area contributed by atoms with E-state index in [9.17, 15) is 14.9 Å². The van der Waals surface area contributed by atoms with Gasteiger partial charge in [-0.2, -0.15) is 5.26 Å². The normalized spacial score (nSPS) is 16.7. The summed E-state index contributed by atoms with van der Waals surface area (Å²) in [5, 5.41) is 13.2. The van der Waals surface area contributed by atoms with Crippen molar-refractivity contribution in [1.82, 2.24) is 0 Å². The number of hydrogen-bond acceptors (Lipinski definition) is 4. The number of benzene rings is 3. The molecule has 0 radical (unpaired) electrons. The number of anilines is 2. The van der Waals surface area contributed by atoms with Crippen molar-refractivity contribution >= 4 is 46.6 Å². The molecule has 3 aromatic carbocycles. The number of amides is 2. The molecule has 1 saturated heterocycles. The third-order valence-corrected chi connectivity index (χ3v) is 7.37. The summed E-state index contributed by atoms with van der Waals surface area (Å²) in [5.41, 5.74) is 5.18. The molecule has 7 heteroatoms. The van der Waals surface area contributed by atoms with Crippen molar-refractivity contribution in [2.45, 2.75) is 32.4 Å². The lowest BCUT2D eigenvalue weighted by Crippen LogP contribution is -2.31. The van der Waals surface area contributed by atoms with E-state index in [0.717, 1.165) is 22.3 Å². The minimum atomic E-state index is -0.552. The minimum Gasteiger partial charge on any atom is -0.321 e. The fraction of sp³-hybridized carbons (Fsp3) is 0.179. The first kappa shape index (κ1) is 24.6. The van der Waals surface area contributed by atoms with Crippen molar-refractivity contribution in [1.29, 1.82) is 5.26 Å². The highest BCUT2D eigenvalue weighted by molar-refractivity contribution is 8.05. The van der Waals surface area contributed by atoms with E-state index in [1.54, 1.807) is 18.2 Å². The topological polar surface area (TPSA) is 73.2 Å². The summed E-state index contributed by atoms with van der Waals surface area (Å²) in [6.07, 6.45) is 0.424. The predicted octanol–water partition coefficient (Wildman–Crippen LogP) is 6.33. The standard InChI is InChI=1S/C28H24ClN3O2S/c1-17-7-10-22(11-8-17)31-26(33)24(16-30)28-32(23-12-9-18(2)19(3)13-23)27(34)25(35-28)15-20-5-4-6-21(29)14-20/h4-14,25H,15H2,1-3H3,(H,31,33)/b28-24-. The van der Waals surface area contributed by atoms with Crippen molar-refractivity contribution in [3.8, 4) is 6.07 Å². The van der Waals surface area contributed by atoms with Crippen molar-refractivity contribution in [3.05, 3.63) is 105 Å². The lowest BCUT2D eigenvalue weighted by molar-refractivity contribution is -0.117. The van der Waals surface area contributed by atoms with Crippen molar-refractivity contribution in [2.75, 3.05) is 10.2 Å². The Kier molecular flexibility index (Phi) is 7.30. The summed E-state index contributed by atoms with van der Waals surface area (Å²) in [5.74, 6) is -0.729. The number of aryl methyl sites for hydroxylation is 3. The molecule has 1 aliphatic rings. The first-order valence-electron chi connectivity index (χ1n) is 11.1. The predicted molar refractivity (Wildman–Crippen MR) is 142 cm³/mol. The second-order valence-electron chi connectivity index (χ2n) is 8.49. The molecule has 4 rings (SSSR count). The van der Waals surface area contributed by atoms with Gasteiger partial charge >= 0.3 is 0 Å². The monoisotopic (exact) mass is 501 g/mol. The second kappa shape index (κ2) is 10.4. The Balaban J connectivity index is 1.74. The van der Waals surface area contributed by atoms with Gasteiger partial charge in [0.2, 0.25) is 5.91 Å². The molecule has 0 aliphatic carbocycles. The lowest BCUT2D eigenvalue weighted by atomic mass is 10.1. The average molecular weight is 502 g/mol. The van der Waals surface area contributed by atoms with E-state index in [4.69, 9.17) is 11.6 Å². The Hall–Kier alpha value is -3.53. The molecule has 35 heavy (non-hydrogen) atoms. The van der Waals surface area contributed by atoms with Crippen LogP contribution >= 0.6 is 23.4 Å². The van der Waals surface area contributed by atoms with Crippen LogP contribution in [-0.2, 0) is 16.0 Å². The second-order valence-corrected chi connectivity index (χ2v) is 10.1. The van der Waals surface area contributed by atoms with Gasteiger partial charge in [-0.3, -0.25) is 14.5 Å². The molecule has 0 aromatic heterocycles. The summed E-state index contributed by atoms with van der Waals surface area (Å²) < 4.78 is 0. The van der Waals surface area contributed by atoms with Crippen LogP contribution in [0.5, 0.6) is 0 Å². The number of carbonyl (C=O) groups is 2. The zero-order valence-electron chi connectivity index (χ0n) is 19.6. The van der Waals surface area contributed by atoms with Crippen LogP contribution in [0.2, 0.25) is 5.02 Å². The molecule has 1 heterocycles. The molecular weight excluding hydrogens is 478 g/mol. The zero-order valence-corrected chi connectivity index (χ0v) is 21.2. The van der Waals surface area contributed by atoms with Crippen LogP contribution in [0.3, 0.4) is 0 Å². The van der Waals surface area contributed by atoms with Gasteiger partial charge in [0.25, 0.3) is 5.91 Å². The molecule has 3 aromatic rings. The number of halogens is 1. The van der Waals surface area contributed by atoms with Gasteiger partial charge < -0.3 is 5.32 Å². The summed E-state index contributed by atoms with van der Waals surface area (Å²) in [7, 11) is 0. The summed E-state index contributed by atoms with van der Waals surface area (Å²) >= 11 is 7.38. The average Bonchev–Trinajstić information content (AvgIpc) is 3.13. The molecule has 0 saturated carbocycles. The molecule has 1 fully saturated rings. The molecule has 0 spiro atoms. The van der Waals surface area contributed by atoms with E-state index < -0.39 is 11.2 Å². The van der Waals surface area contributed by atoms with Crippen molar-refractivity contribution < 1.29 is 9.59 Å². The summed E-state index contributed by atoms with van der Waals surface area (Å²) in [4.78, 5) is 28.3. The molecule has 176 valence electrons. The van der Waals surface area contributed by atoms with E-state index in [1.165, 1.54) is 16.7 Å². The van der Waals surface area contributed by atoms with Gasteiger partial charge in [0, 0.05) is 16.4 Å². The number of hydrogen-bond donors (Lipinski definition) is 1. The molecule has 1 unspecified atom stereocenters. The maximum absolute atomic E-state index is 13.6. The molecule has 1 N–H and O–H groups in total. The van der Waals surface area contributed by atoms with Gasteiger partial charge in [-0.15, -0.1) is 0 Å². The van der Waals surface area contributed by atoms with E-state index in [2.05, 4.69) is 5.32 Å². The van der Waals surface area contributed by atoms with Crippen LogP contribution in [0.15, 0.2) is 77.3 Å². The Bertz CT molecular complexity index is 1380. The van der Waals surface area contributed by atoms with E-state index in [1.807, 2.05) is 75.4 Å². The molecule has 0 bridgehead atoms. The minimum absolute atomic E-state index is 0.101. The Morgan fingerprint density at radius 1 is 1.06 bits per heavy atom. The first-order valence-corrected chi connectivity index (χ1v) is 12.4. The number of nitrogens with one attached hydrogen (secondary N) is 1. The Labute approximate surface area is 214 Å². The SMILES string of the molecule is Cc1ccc(NC(=O)/C(C#N)=C2\SC(Cc3cccc(Cl)c3)C(=O)N2c2ccc(C)c(C)c2)cc1. The molecular formula is C28H24ClN3O2S. The lowest BCUT2D eigenvalue weighted by Gasteiger charge is -2.20. The fourth-order valence-electron chi connectivity index (χ4n) is 3.80. The van der Waals surface area contributed by atoms with E-state index >= 15 is 0 Å². The van der Waals surface area contributed by atoms with Gasteiger partial charge in [0.15, 0.2) is 0 Å². The fourth-order valence-corrected chi connectivity index (χ4v) is 5.32. The maximum Gasteiger partial charge on any atom is 0.269 e. The third-order valence-electron chi connectivity index (χ3n) is 5.87. The van der Waals surface area contributed by atoms with Crippen LogP contribution in [0.25, 0.3) is 0 Å². The number of carbonyl (C=O) groups excluding carboxylic acids is 2. The summed E-state index contributed by atoms with van der Waals surface area (Å²) in [6, 6.07) is 22.4. The van der Waals surface area contributed by atoms with Gasteiger partial charge in [-0.25, -0.2) is 0 Å². The van der Waals surface area contributed by atoms with Gasteiger partial charge in [-0.1, -0.05) is 59.3 Å². The van der Waals surface area contributed by atoms with Gasteiger partial charge in [0.1, 0.15) is 16.7 Å². The Morgan fingerprint density at radius 2 is 1.80 bits per heavy atom. The third kappa shape index (κ3) is 5.43. The first-order chi connectivity index (χ1) is 16.8. The van der Waals surface area contributed by atoms with Crippen LogP contribution < -0.4 is 10.2 Å².